The highest BCUT2D eigenvalue weighted by atomic mass is 16.5. The second-order valence-corrected chi connectivity index (χ2v) is 5.80. The van der Waals surface area contributed by atoms with E-state index in [0.29, 0.717) is 0 Å². The Balaban J connectivity index is 1.83. The Labute approximate surface area is 140 Å². The number of hydrogen-bond acceptors (Lipinski definition) is 3. The lowest BCUT2D eigenvalue weighted by molar-refractivity contribution is 0.311. The summed E-state index contributed by atoms with van der Waals surface area (Å²) < 4.78 is 5.84. The lowest BCUT2D eigenvalue weighted by Gasteiger charge is -2.15. The molecule has 0 saturated carbocycles. The van der Waals surface area contributed by atoms with E-state index in [2.05, 4.69) is 55.7 Å². The van der Waals surface area contributed by atoms with E-state index in [1.165, 1.54) is 16.8 Å². The predicted octanol–water partition coefficient (Wildman–Crippen LogP) is 5.01. The van der Waals surface area contributed by atoms with Crippen molar-refractivity contribution >= 4 is 11.4 Å². The van der Waals surface area contributed by atoms with Crippen LogP contribution >= 0.6 is 0 Å². The maximum Gasteiger partial charge on any atom is 0.142 e. The monoisotopic (exact) mass is 312 g/mol. The Morgan fingerprint density at radius 1 is 0.870 bits per heavy atom. The third kappa shape index (κ3) is 5.20. The van der Waals surface area contributed by atoms with E-state index in [-0.39, 0.29) is 0 Å². The first-order chi connectivity index (χ1) is 11.2. The molecule has 0 heterocycles. The largest absolute Gasteiger partial charge is 0.491 e. The van der Waals surface area contributed by atoms with Gasteiger partial charge in [0.05, 0.1) is 12.3 Å². The van der Waals surface area contributed by atoms with E-state index in [1.54, 1.807) is 0 Å². The van der Waals surface area contributed by atoms with Gasteiger partial charge in [0.1, 0.15) is 5.75 Å². The molecule has 0 unspecified atom stereocenters. The van der Waals surface area contributed by atoms with Crippen LogP contribution in [-0.4, -0.2) is 19.7 Å². The highest BCUT2D eigenvalue weighted by Gasteiger charge is 2.03. The van der Waals surface area contributed by atoms with E-state index < -0.39 is 0 Å². The topological polar surface area (TPSA) is 33.3 Å². The van der Waals surface area contributed by atoms with Gasteiger partial charge in [-0.25, -0.2) is 0 Å². The van der Waals surface area contributed by atoms with Crippen LogP contribution in [0.1, 0.15) is 30.9 Å². The minimum Gasteiger partial charge on any atom is -0.491 e. The zero-order valence-corrected chi connectivity index (χ0v) is 14.5. The standard InChI is InChI=1S/C20H28N2O/c1-4-5-15-23-20-12-7-6-10-19(20)22-14-13-21-18-11-8-9-16(2)17(18)3/h6-12,21-22H,4-5,13-15H2,1-3H3. The quantitative estimate of drug-likeness (QED) is 0.639. The van der Waals surface area contributed by atoms with Crippen molar-refractivity contribution in [2.45, 2.75) is 33.6 Å². The van der Waals surface area contributed by atoms with Gasteiger partial charge in [-0.05, 0) is 49.6 Å². The van der Waals surface area contributed by atoms with Gasteiger partial charge < -0.3 is 15.4 Å². The van der Waals surface area contributed by atoms with Crippen molar-refractivity contribution < 1.29 is 4.74 Å². The van der Waals surface area contributed by atoms with Crippen LogP contribution in [0.15, 0.2) is 42.5 Å². The summed E-state index contributed by atoms with van der Waals surface area (Å²) in [6.07, 6.45) is 2.23. The van der Waals surface area contributed by atoms with Gasteiger partial charge in [0.25, 0.3) is 0 Å². The molecule has 0 bridgehead atoms. The third-order valence-corrected chi connectivity index (χ3v) is 4.00. The molecule has 2 rings (SSSR count). The maximum absolute atomic E-state index is 5.84. The molecule has 0 aliphatic heterocycles. The molecular formula is C20H28N2O. The molecule has 124 valence electrons. The van der Waals surface area contributed by atoms with Crippen molar-refractivity contribution in [1.29, 1.82) is 0 Å². The summed E-state index contributed by atoms with van der Waals surface area (Å²) in [5.41, 5.74) is 4.90. The highest BCUT2D eigenvalue weighted by Crippen LogP contribution is 2.24. The molecule has 0 saturated heterocycles. The van der Waals surface area contributed by atoms with Crippen molar-refractivity contribution in [3.8, 4) is 5.75 Å². The predicted molar refractivity (Wildman–Crippen MR) is 99.7 cm³/mol. The molecule has 0 aliphatic carbocycles. The Kier molecular flexibility index (Phi) is 6.79. The smallest absolute Gasteiger partial charge is 0.142 e. The van der Waals surface area contributed by atoms with Gasteiger partial charge in [0.15, 0.2) is 0 Å². The van der Waals surface area contributed by atoms with E-state index in [4.69, 9.17) is 4.74 Å². The zero-order chi connectivity index (χ0) is 16.5. The van der Waals surface area contributed by atoms with Crippen LogP contribution in [0.5, 0.6) is 5.75 Å². The molecule has 2 aromatic carbocycles. The fourth-order valence-electron chi connectivity index (χ4n) is 2.40. The summed E-state index contributed by atoms with van der Waals surface area (Å²) in [5.74, 6) is 0.938. The average molecular weight is 312 g/mol. The van der Waals surface area contributed by atoms with E-state index in [9.17, 15) is 0 Å². The van der Waals surface area contributed by atoms with Crippen LogP contribution in [0.3, 0.4) is 0 Å². The lowest BCUT2D eigenvalue weighted by atomic mass is 10.1. The minimum absolute atomic E-state index is 0.774. The molecule has 0 spiro atoms. The summed E-state index contributed by atoms with van der Waals surface area (Å²) in [6.45, 7) is 8.96. The SMILES string of the molecule is CCCCOc1ccccc1NCCNc1cccc(C)c1C. The molecule has 2 aromatic rings. The van der Waals surface area contributed by atoms with Crippen molar-refractivity contribution in [1.82, 2.24) is 0 Å². The Morgan fingerprint density at radius 2 is 1.57 bits per heavy atom. The van der Waals surface area contributed by atoms with E-state index in [1.807, 2.05) is 18.2 Å². The Morgan fingerprint density at radius 3 is 2.35 bits per heavy atom. The fraction of sp³-hybridized carbons (Fsp3) is 0.400. The van der Waals surface area contributed by atoms with Gasteiger partial charge in [-0.3, -0.25) is 0 Å². The Bertz CT molecular complexity index is 610. The van der Waals surface area contributed by atoms with Crippen molar-refractivity contribution in [2.75, 3.05) is 30.3 Å². The second kappa shape index (κ2) is 9.09. The maximum atomic E-state index is 5.84. The number of unbranched alkanes of at least 4 members (excludes halogenated alkanes) is 1. The highest BCUT2D eigenvalue weighted by molar-refractivity contribution is 5.57. The molecule has 0 atom stereocenters. The van der Waals surface area contributed by atoms with Crippen LogP contribution in [0.25, 0.3) is 0 Å². The summed E-state index contributed by atoms with van der Waals surface area (Å²) in [6, 6.07) is 14.5. The number of aryl methyl sites for hydroxylation is 1. The van der Waals surface area contributed by atoms with E-state index >= 15 is 0 Å². The molecule has 2 N–H and O–H groups in total. The third-order valence-electron chi connectivity index (χ3n) is 4.00. The van der Waals surface area contributed by atoms with Gasteiger partial charge in [-0.15, -0.1) is 0 Å². The summed E-state index contributed by atoms with van der Waals surface area (Å²) in [7, 11) is 0. The molecule has 0 aliphatic rings. The summed E-state index contributed by atoms with van der Waals surface area (Å²) in [4.78, 5) is 0. The number of hydrogen-bond donors (Lipinski definition) is 2. The van der Waals surface area contributed by atoms with Crippen molar-refractivity contribution in [3.05, 3.63) is 53.6 Å². The molecule has 3 heteroatoms. The number of nitrogens with one attached hydrogen (secondary N) is 2. The molecule has 0 aromatic heterocycles. The van der Waals surface area contributed by atoms with Gasteiger partial charge in [0.2, 0.25) is 0 Å². The van der Waals surface area contributed by atoms with Gasteiger partial charge in [-0.1, -0.05) is 37.6 Å². The number of para-hydroxylation sites is 2. The fourth-order valence-corrected chi connectivity index (χ4v) is 2.40. The first-order valence-electron chi connectivity index (χ1n) is 8.48. The number of anilines is 2. The molecule has 3 nitrogen and oxygen atoms in total. The average Bonchev–Trinajstić information content (AvgIpc) is 2.56. The first-order valence-corrected chi connectivity index (χ1v) is 8.48. The number of ether oxygens (including phenoxy) is 1. The van der Waals surface area contributed by atoms with Crippen LogP contribution in [-0.2, 0) is 0 Å². The van der Waals surface area contributed by atoms with Gasteiger partial charge in [-0.2, -0.15) is 0 Å². The zero-order valence-electron chi connectivity index (χ0n) is 14.5. The first kappa shape index (κ1) is 17.2. The summed E-state index contributed by atoms with van der Waals surface area (Å²) in [5, 5.41) is 6.95. The summed E-state index contributed by atoms with van der Waals surface area (Å²) >= 11 is 0. The van der Waals surface area contributed by atoms with Crippen LogP contribution in [0.2, 0.25) is 0 Å². The van der Waals surface area contributed by atoms with Crippen LogP contribution in [0, 0.1) is 13.8 Å². The lowest BCUT2D eigenvalue weighted by Crippen LogP contribution is -2.15. The molecule has 23 heavy (non-hydrogen) atoms. The Hall–Kier alpha value is -2.16. The molecule has 0 fully saturated rings. The molecule has 0 amide bonds. The molecule has 0 radical (unpaired) electrons. The van der Waals surface area contributed by atoms with Gasteiger partial charge in [0, 0.05) is 18.8 Å². The van der Waals surface area contributed by atoms with Crippen LogP contribution in [0.4, 0.5) is 11.4 Å². The van der Waals surface area contributed by atoms with Gasteiger partial charge >= 0.3 is 0 Å². The normalized spacial score (nSPS) is 10.4. The number of benzene rings is 2. The van der Waals surface area contributed by atoms with E-state index in [0.717, 1.165) is 44.0 Å². The second-order valence-electron chi connectivity index (χ2n) is 5.80. The minimum atomic E-state index is 0.774. The van der Waals surface area contributed by atoms with Crippen molar-refractivity contribution in [3.63, 3.8) is 0 Å². The molecular weight excluding hydrogens is 284 g/mol. The van der Waals surface area contributed by atoms with Crippen LogP contribution < -0.4 is 15.4 Å². The van der Waals surface area contributed by atoms with Crippen molar-refractivity contribution in [2.24, 2.45) is 0 Å². The number of rotatable bonds is 9.